The van der Waals surface area contributed by atoms with Crippen LogP contribution in [0.1, 0.15) is 43.0 Å². The molecule has 1 aromatic carbocycles. The zero-order valence-electron chi connectivity index (χ0n) is 14.5. The van der Waals surface area contributed by atoms with Gasteiger partial charge in [-0.25, -0.2) is 9.59 Å². The van der Waals surface area contributed by atoms with E-state index in [1.165, 1.54) is 6.92 Å². The molecule has 0 unspecified atom stereocenters. The number of fused-ring (bicyclic) bond motifs is 1. The van der Waals surface area contributed by atoms with Crippen LogP contribution in [0.25, 0.3) is 10.9 Å². The Morgan fingerprint density at radius 3 is 2.65 bits per heavy atom. The number of nitrogens with zero attached hydrogens (tertiary/aromatic N) is 1. The number of carbonyl (C=O) groups is 3. The predicted octanol–water partition coefficient (Wildman–Crippen LogP) is 2.55. The lowest BCUT2D eigenvalue weighted by atomic mass is 10.1. The van der Waals surface area contributed by atoms with Gasteiger partial charge in [0.25, 0.3) is 5.91 Å². The Morgan fingerprint density at radius 1 is 1.15 bits per heavy atom. The number of carbonyl (C=O) groups excluding carboxylic acids is 3. The molecule has 0 radical (unpaired) electrons. The second-order valence-corrected chi connectivity index (χ2v) is 6.37. The zero-order valence-corrected chi connectivity index (χ0v) is 14.5. The smallest absolute Gasteiger partial charge is 0.341 e. The summed E-state index contributed by atoms with van der Waals surface area (Å²) in [5, 5.41) is 5.77. The highest BCUT2D eigenvalue weighted by Gasteiger charge is 2.24. The number of hydrogen-bond acceptors (Lipinski definition) is 5. The van der Waals surface area contributed by atoms with E-state index in [1.807, 2.05) is 12.1 Å². The molecule has 1 aliphatic rings. The monoisotopic (exact) mass is 355 g/mol. The second-order valence-electron chi connectivity index (χ2n) is 6.37. The fourth-order valence-corrected chi connectivity index (χ4v) is 3.05. The Bertz CT molecular complexity index is 825. The van der Waals surface area contributed by atoms with Crippen molar-refractivity contribution in [1.29, 1.82) is 0 Å². The van der Waals surface area contributed by atoms with Gasteiger partial charge in [-0.3, -0.25) is 15.1 Å². The number of nitrogens with one attached hydrogen (secondary N) is 2. The maximum Gasteiger partial charge on any atom is 0.341 e. The van der Waals surface area contributed by atoms with E-state index in [0.717, 1.165) is 31.1 Å². The molecule has 7 heteroatoms. The van der Waals surface area contributed by atoms with E-state index in [9.17, 15) is 14.4 Å². The summed E-state index contributed by atoms with van der Waals surface area (Å²) >= 11 is 0. The van der Waals surface area contributed by atoms with Gasteiger partial charge in [0.1, 0.15) is 0 Å². The van der Waals surface area contributed by atoms with Crippen molar-refractivity contribution in [2.75, 3.05) is 0 Å². The number of imide groups is 1. The maximum atomic E-state index is 12.4. The molecular formula is C19H21N3O4. The molecule has 0 bridgehead atoms. The van der Waals surface area contributed by atoms with Crippen molar-refractivity contribution in [3.8, 4) is 0 Å². The van der Waals surface area contributed by atoms with Crippen LogP contribution < -0.4 is 10.6 Å². The molecule has 26 heavy (non-hydrogen) atoms. The average molecular weight is 355 g/mol. The number of ether oxygens (including phenoxy) is 1. The summed E-state index contributed by atoms with van der Waals surface area (Å²) in [6, 6.07) is 8.30. The van der Waals surface area contributed by atoms with Gasteiger partial charge < -0.3 is 10.1 Å². The van der Waals surface area contributed by atoms with Crippen molar-refractivity contribution in [3.05, 3.63) is 42.1 Å². The van der Waals surface area contributed by atoms with E-state index in [2.05, 4.69) is 15.6 Å². The van der Waals surface area contributed by atoms with Gasteiger partial charge in [-0.2, -0.15) is 0 Å². The molecule has 136 valence electrons. The fraction of sp³-hybridized carbons (Fsp3) is 0.368. The van der Waals surface area contributed by atoms with E-state index in [1.54, 1.807) is 24.4 Å². The Morgan fingerprint density at radius 2 is 1.88 bits per heavy atom. The Hall–Kier alpha value is -2.96. The molecule has 0 spiro atoms. The number of pyridine rings is 1. The van der Waals surface area contributed by atoms with Crippen LogP contribution >= 0.6 is 0 Å². The minimum absolute atomic E-state index is 0.0995. The van der Waals surface area contributed by atoms with Gasteiger partial charge in [0.2, 0.25) is 0 Å². The first-order valence-electron chi connectivity index (χ1n) is 8.70. The number of amides is 3. The van der Waals surface area contributed by atoms with E-state index >= 15 is 0 Å². The molecule has 2 aromatic rings. The van der Waals surface area contributed by atoms with Gasteiger partial charge in [0, 0.05) is 17.6 Å². The lowest BCUT2D eigenvalue weighted by Crippen LogP contribution is -2.47. The third kappa shape index (κ3) is 4.17. The highest BCUT2D eigenvalue weighted by molar-refractivity contribution is 6.04. The van der Waals surface area contributed by atoms with Gasteiger partial charge in [0.15, 0.2) is 6.10 Å². The number of benzene rings is 1. The fourth-order valence-electron chi connectivity index (χ4n) is 3.05. The summed E-state index contributed by atoms with van der Waals surface area (Å²) in [6.45, 7) is 1.43. The molecule has 1 aromatic heterocycles. The van der Waals surface area contributed by atoms with E-state index < -0.39 is 24.0 Å². The summed E-state index contributed by atoms with van der Waals surface area (Å²) in [5.74, 6) is -1.32. The van der Waals surface area contributed by atoms with Crippen molar-refractivity contribution < 1.29 is 19.1 Å². The number of para-hydroxylation sites is 1. The van der Waals surface area contributed by atoms with Crippen molar-refractivity contribution in [2.24, 2.45) is 0 Å². The third-order valence-electron chi connectivity index (χ3n) is 4.43. The van der Waals surface area contributed by atoms with Gasteiger partial charge in [0.05, 0.1) is 11.1 Å². The normalized spacial score (nSPS) is 15.4. The van der Waals surface area contributed by atoms with Crippen molar-refractivity contribution in [2.45, 2.75) is 44.8 Å². The molecule has 1 atom stereocenters. The van der Waals surface area contributed by atoms with Crippen LogP contribution in [0.5, 0.6) is 0 Å². The Labute approximate surface area is 151 Å². The van der Waals surface area contributed by atoms with Gasteiger partial charge in [-0.15, -0.1) is 0 Å². The maximum absolute atomic E-state index is 12.4. The summed E-state index contributed by atoms with van der Waals surface area (Å²) < 4.78 is 5.21. The topological polar surface area (TPSA) is 97.4 Å². The SMILES string of the molecule is C[C@@H](OC(=O)c1cccc2cccnc12)C(=O)NC(=O)NC1CCCC1. The first-order valence-corrected chi connectivity index (χ1v) is 8.70. The minimum Gasteiger partial charge on any atom is -0.449 e. The molecule has 1 saturated carbocycles. The van der Waals surface area contributed by atoms with Crippen LogP contribution in [0.2, 0.25) is 0 Å². The molecule has 1 heterocycles. The molecule has 7 nitrogen and oxygen atoms in total. The predicted molar refractivity (Wildman–Crippen MR) is 95.6 cm³/mol. The van der Waals surface area contributed by atoms with E-state index in [0.29, 0.717) is 5.52 Å². The first kappa shape index (κ1) is 17.8. The molecule has 0 aliphatic heterocycles. The Kier molecular flexibility index (Phi) is 5.46. The summed E-state index contributed by atoms with van der Waals surface area (Å²) in [5.41, 5.74) is 0.782. The highest BCUT2D eigenvalue weighted by Crippen LogP contribution is 2.18. The van der Waals surface area contributed by atoms with Crippen LogP contribution in [-0.2, 0) is 9.53 Å². The number of aromatic nitrogens is 1. The highest BCUT2D eigenvalue weighted by atomic mass is 16.5. The number of esters is 1. The van der Waals surface area contributed by atoms with Gasteiger partial charge >= 0.3 is 12.0 Å². The molecule has 2 N–H and O–H groups in total. The first-order chi connectivity index (χ1) is 12.5. The van der Waals surface area contributed by atoms with Gasteiger partial charge in [-0.05, 0) is 31.9 Å². The largest absolute Gasteiger partial charge is 0.449 e. The quantitative estimate of drug-likeness (QED) is 0.822. The summed E-state index contributed by atoms with van der Waals surface area (Å²) in [4.78, 5) is 40.5. The average Bonchev–Trinajstić information content (AvgIpc) is 3.13. The number of hydrogen-bond donors (Lipinski definition) is 2. The molecule has 1 fully saturated rings. The summed E-state index contributed by atoms with van der Waals surface area (Å²) in [6.07, 6.45) is 4.47. The van der Waals surface area contributed by atoms with Crippen LogP contribution in [-0.4, -0.2) is 35.0 Å². The van der Waals surface area contributed by atoms with Crippen LogP contribution in [0.3, 0.4) is 0 Å². The summed E-state index contributed by atoms with van der Waals surface area (Å²) in [7, 11) is 0. The molecular weight excluding hydrogens is 334 g/mol. The zero-order chi connectivity index (χ0) is 18.5. The van der Waals surface area contributed by atoms with Crippen LogP contribution in [0, 0.1) is 0 Å². The third-order valence-corrected chi connectivity index (χ3v) is 4.43. The van der Waals surface area contributed by atoms with Crippen molar-refractivity contribution >= 4 is 28.8 Å². The molecule has 0 saturated heterocycles. The van der Waals surface area contributed by atoms with E-state index in [4.69, 9.17) is 4.74 Å². The molecule has 1 aliphatic carbocycles. The second kappa shape index (κ2) is 7.95. The number of urea groups is 1. The van der Waals surface area contributed by atoms with E-state index in [-0.39, 0.29) is 11.6 Å². The van der Waals surface area contributed by atoms with Crippen LogP contribution in [0.4, 0.5) is 4.79 Å². The van der Waals surface area contributed by atoms with Gasteiger partial charge in [-0.1, -0.05) is 31.0 Å². The molecule has 3 rings (SSSR count). The van der Waals surface area contributed by atoms with Crippen LogP contribution in [0.15, 0.2) is 36.5 Å². The minimum atomic E-state index is -1.10. The Balaban J connectivity index is 1.59. The standard InChI is InChI=1S/C19H21N3O4/c1-12(17(23)22-19(25)21-14-8-2-3-9-14)26-18(24)15-10-4-6-13-7-5-11-20-16(13)15/h4-7,10-12,14H,2-3,8-9H2,1H3,(H2,21,22,23,25)/t12-/m1/s1. The van der Waals surface area contributed by atoms with Crippen molar-refractivity contribution in [1.82, 2.24) is 15.6 Å². The van der Waals surface area contributed by atoms with Crippen molar-refractivity contribution in [3.63, 3.8) is 0 Å². The lowest BCUT2D eigenvalue weighted by molar-refractivity contribution is -0.127. The molecule has 3 amide bonds. The number of rotatable bonds is 4. The lowest BCUT2D eigenvalue weighted by Gasteiger charge is -2.16.